The molecule has 0 amide bonds. The molecular formula is C13H13F3N2O. The Bertz CT molecular complexity index is 557. The van der Waals surface area contributed by atoms with Crippen molar-refractivity contribution in [1.82, 2.24) is 4.98 Å². The zero-order valence-electron chi connectivity index (χ0n) is 10.0. The highest BCUT2D eigenvalue weighted by atomic mass is 19.4. The Kier molecular flexibility index (Phi) is 3.90. The predicted octanol–water partition coefficient (Wildman–Crippen LogP) is 2.89. The number of para-hydroxylation sites is 1. The minimum Gasteiger partial charge on any atom is -0.479 e. The number of benzene rings is 1. The lowest BCUT2D eigenvalue weighted by Crippen LogP contribution is -2.36. The average molecular weight is 270 g/mol. The highest BCUT2D eigenvalue weighted by Crippen LogP contribution is 2.28. The molecule has 0 saturated heterocycles. The maximum Gasteiger partial charge on any atom is 0.425 e. The van der Waals surface area contributed by atoms with Gasteiger partial charge < -0.3 is 10.5 Å². The minimum atomic E-state index is -4.44. The minimum absolute atomic E-state index is 0.0921. The summed E-state index contributed by atoms with van der Waals surface area (Å²) in [5, 5.41) is 0.730. The first-order valence-corrected chi connectivity index (χ1v) is 5.79. The Morgan fingerprint density at radius 3 is 2.68 bits per heavy atom. The van der Waals surface area contributed by atoms with Gasteiger partial charge in [0.1, 0.15) is 5.75 Å². The molecule has 0 bridgehead atoms. The number of halogens is 3. The van der Waals surface area contributed by atoms with E-state index in [2.05, 4.69) is 4.98 Å². The van der Waals surface area contributed by atoms with Gasteiger partial charge in [0.15, 0.2) is 6.10 Å². The first kappa shape index (κ1) is 13.6. The van der Waals surface area contributed by atoms with Gasteiger partial charge in [0.2, 0.25) is 0 Å². The van der Waals surface area contributed by atoms with Crippen molar-refractivity contribution in [1.29, 1.82) is 0 Å². The van der Waals surface area contributed by atoms with Crippen LogP contribution in [0, 0.1) is 0 Å². The number of ether oxygens (including phenoxy) is 1. The molecule has 2 rings (SSSR count). The Labute approximate surface area is 108 Å². The highest BCUT2D eigenvalue weighted by molar-refractivity contribution is 5.79. The summed E-state index contributed by atoms with van der Waals surface area (Å²) in [4.78, 5) is 4.05. The molecule has 0 radical (unpaired) electrons. The average Bonchev–Trinajstić information content (AvgIpc) is 2.37. The van der Waals surface area contributed by atoms with Crippen LogP contribution < -0.4 is 10.5 Å². The van der Waals surface area contributed by atoms with Gasteiger partial charge in [-0.25, -0.2) is 0 Å². The van der Waals surface area contributed by atoms with Gasteiger partial charge in [0.05, 0.1) is 11.7 Å². The van der Waals surface area contributed by atoms with Gasteiger partial charge in [-0.15, -0.1) is 0 Å². The van der Waals surface area contributed by atoms with Gasteiger partial charge in [0, 0.05) is 11.8 Å². The first-order chi connectivity index (χ1) is 9.00. The standard InChI is InChI=1S/C13H13F3N2O/c14-13(15,16)12(5-6-17)19-10-7-9-3-1-2-4-11(9)18-8-10/h1-4,7-8,12H,5-6,17H2. The van der Waals surface area contributed by atoms with Crippen LogP contribution in [-0.2, 0) is 0 Å². The Balaban J connectivity index is 2.23. The summed E-state index contributed by atoms with van der Waals surface area (Å²) in [6.45, 7) is -0.0921. The third-order valence-electron chi connectivity index (χ3n) is 2.64. The Hall–Kier alpha value is -1.82. The third-order valence-corrected chi connectivity index (χ3v) is 2.64. The van der Waals surface area contributed by atoms with Gasteiger partial charge in [-0.1, -0.05) is 18.2 Å². The van der Waals surface area contributed by atoms with Crippen molar-refractivity contribution in [2.45, 2.75) is 18.7 Å². The summed E-state index contributed by atoms with van der Waals surface area (Å²) in [5.41, 5.74) is 5.88. The van der Waals surface area contributed by atoms with Crippen LogP contribution in [0.15, 0.2) is 36.5 Å². The monoisotopic (exact) mass is 270 g/mol. The van der Waals surface area contributed by atoms with Crippen LogP contribution in [0.4, 0.5) is 13.2 Å². The number of alkyl halides is 3. The second-order valence-corrected chi connectivity index (χ2v) is 4.09. The van der Waals surface area contributed by atoms with Crippen molar-refractivity contribution in [3.8, 4) is 5.75 Å². The number of nitrogens with zero attached hydrogens (tertiary/aromatic N) is 1. The normalized spacial score (nSPS) is 13.5. The van der Waals surface area contributed by atoms with Gasteiger partial charge in [-0.05, 0) is 18.7 Å². The molecule has 0 aliphatic carbocycles. The summed E-state index contributed by atoms with van der Waals surface area (Å²) >= 11 is 0. The van der Waals surface area contributed by atoms with Crippen LogP contribution in [0.5, 0.6) is 5.75 Å². The fourth-order valence-corrected chi connectivity index (χ4v) is 1.72. The maximum absolute atomic E-state index is 12.7. The largest absolute Gasteiger partial charge is 0.479 e. The van der Waals surface area contributed by atoms with Crippen LogP contribution in [0.3, 0.4) is 0 Å². The number of pyridine rings is 1. The second-order valence-electron chi connectivity index (χ2n) is 4.09. The van der Waals surface area contributed by atoms with E-state index >= 15 is 0 Å². The highest BCUT2D eigenvalue weighted by Gasteiger charge is 2.41. The van der Waals surface area contributed by atoms with Gasteiger partial charge in [-0.2, -0.15) is 13.2 Å². The molecule has 1 aromatic carbocycles. The van der Waals surface area contributed by atoms with Crippen LogP contribution in [0.1, 0.15) is 6.42 Å². The van der Waals surface area contributed by atoms with E-state index in [0.717, 1.165) is 5.39 Å². The number of nitrogens with two attached hydrogens (primary N) is 1. The smallest absolute Gasteiger partial charge is 0.425 e. The summed E-state index contributed by atoms with van der Waals surface area (Å²) in [6.07, 6.45) is -5.33. The maximum atomic E-state index is 12.7. The van der Waals surface area contributed by atoms with E-state index in [1.807, 2.05) is 6.07 Å². The van der Waals surface area contributed by atoms with Crippen molar-refractivity contribution in [3.63, 3.8) is 0 Å². The van der Waals surface area contributed by atoms with Crippen LogP contribution >= 0.6 is 0 Å². The van der Waals surface area contributed by atoms with Gasteiger partial charge in [-0.3, -0.25) is 4.98 Å². The fraction of sp³-hybridized carbons (Fsp3) is 0.308. The molecule has 1 unspecified atom stereocenters. The lowest BCUT2D eigenvalue weighted by molar-refractivity contribution is -0.196. The lowest BCUT2D eigenvalue weighted by Gasteiger charge is -2.21. The first-order valence-electron chi connectivity index (χ1n) is 5.79. The summed E-state index contributed by atoms with van der Waals surface area (Å²) in [5.74, 6) is 0.0921. The molecule has 0 fully saturated rings. The number of fused-ring (bicyclic) bond motifs is 1. The van der Waals surface area contributed by atoms with Crippen LogP contribution in [0.2, 0.25) is 0 Å². The predicted molar refractivity (Wildman–Crippen MR) is 65.9 cm³/mol. The van der Waals surface area contributed by atoms with Crippen molar-refractivity contribution < 1.29 is 17.9 Å². The van der Waals surface area contributed by atoms with E-state index in [1.165, 1.54) is 12.3 Å². The molecular weight excluding hydrogens is 257 g/mol. The number of aromatic nitrogens is 1. The molecule has 2 N–H and O–H groups in total. The molecule has 1 aromatic heterocycles. The molecule has 1 atom stereocenters. The molecule has 0 spiro atoms. The summed E-state index contributed by atoms with van der Waals surface area (Å²) < 4.78 is 43.1. The number of hydrogen-bond donors (Lipinski definition) is 1. The number of rotatable bonds is 4. The molecule has 1 heterocycles. The summed E-state index contributed by atoms with van der Waals surface area (Å²) in [6, 6.07) is 8.68. The van der Waals surface area contributed by atoms with Crippen LogP contribution in [0.25, 0.3) is 10.9 Å². The molecule has 0 aliphatic heterocycles. The fourth-order valence-electron chi connectivity index (χ4n) is 1.72. The lowest BCUT2D eigenvalue weighted by atomic mass is 10.2. The molecule has 0 aliphatic rings. The van der Waals surface area contributed by atoms with Crippen LogP contribution in [-0.4, -0.2) is 23.8 Å². The van der Waals surface area contributed by atoms with Crippen molar-refractivity contribution >= 4 is 10.9 Å². The quantitative estimate of drug-likeness (QED) is 0.929. The Morgan fingerprint density at radius 1 is 1.26 bits per heavy atom. The second kappa shape index (κ2) is 5.44. The molecule has 19 heavy (non-hydrogen) atoms. The van der Waals surface area contributed by atoms with E-state index in [-0.39, 0.29) is 18.7 Å². The molecule has 6 heteroatoms. The molecule has 2 aromatic rings. The van der Waals surface area contributed by atoms with Gasteiger partial charge >= 0.3 is 6.18 Å². The van der Waals surface area contributed by atoms with Crippen molar-refractivity contribution in [3.05, 3.63) is 36.5 Å². The zero-order valence-corrected chi connectivity index (χ0v) is 10.0. The van der Waals surface area contributed by atoms with Crippen molar-refractivity contribution in [2.75, 3.05) is 6.54 Å². The molecule has 3 nitrogen and oxygen atoms in total. The van der Waals surface area contributed by atoms with E-state index in [9.17, 15) is 13.2 Å². The van der Waals surface area contributed by atoms with E-state index in [4.69, 9.17) is 10.5 Å². The molecule has 102 valence electrons. The van der Waals surface area contributed by atoms with E-state index in [1.54, 1.807) is 18.2 Å². The topological polar surface area (TPSA) is 48.1 Å². The Morgan fingerprint density at radius 2 is 2.00 bits per heavy atom. The third kappa shape index (κ3) is 3.35. The van der Waals surface area contributed by atoms with Crippen molar-refractivity contribution in [2.24, 2.45) is 5.73 Å². The van der Waals surface area contributed by atoms with Gasteiger partial charge in [0.25, 0.3) is 0 Å². The zero-order chi connectivity index (χ0) is 13.9. The molecule has 0 saturated carbocycles. The van der Waals surface area contributed by atoms with E-state index in [0.29, 0.717) is 5.52 Å². The van der Waals surface area contributed by atoms with E-state index < -0.39 is 12.3 Å². The SMILES string of the molecule is NCCC(Oc1cnc2ccccc2c1)C(F)(F)F. The summed E-state index contributed by atoms with van der Waals surface area (Å²) in [7, 11) is 0. The number of hydrogen-bond acceptors (Lipinski definition) is 3.